The van der Waals surface area contributed by atoms with Gasteiger partial charge in [-0.25, -0.2) is 9.89 Å². The SMILES string of the molecule is O=C(O)CSc1n[nH]c(=O)n1CCN1CCOCC1. The van der Waals surface area contributed by atoms with Crippen molar-refractivity contribution in [2.24, 2.45) is 0 Å². The number of hydrogen-bond acceptors (Lipinski definition) is 6. The van der Waals surface area contributed by atoms with Gasteiger partial charge >= 0.3 is 11.7 Å². The lowest BCUT2D eigenvalue weighted by Gasteiger charge is -2.26. The largest absolute Gasteiger partial charge is 0.481 e. The number of carboxylic acid groups (broad SMARTS) is 1. The zero-order valence-electron chi connectivity index (χ0n) is 10.4. The Morgan fingerprint density at radius 3 is 2.84 bits per heavy atom. The summed E-state index contributed by atoms with van der Waals surface area (Å²) in [4.78, 5) is 24.3. The minimum atomic E-state index is -0.930. The normalized spacial score (nSPS) is 16.6. The Balaban J connectivity index is 1.92. The molecule has 1 saturated heterocycles. The van der Waals surface area contributed by atoms with Crippen molar-refractivity contribution in [3.8, 4) is 0 Å². The maximum absolute atomic E-state index is 11.6. The Hall–Kier alpha value is -1.32. The van der Waals surface area contributed by atoms with Crippen LogP contribution in [0.25, 0.3) is 0 Å². The number of hydrogen-bond donors (Lipinski definition) is 2. The highest BCUT2D eigenvalue weighted by molar-refractivity contribution is 7.99. The number of ether oxygens (including phenoxy) is 1. The molecule has 9 heteroatoms. The predicted molar refractivity (Wildman–Crippen MR) is 68.5 cm³/mol. The number of rotatable bonds is 6. The van der Waals surface area contributed by atoms with Crippen molar-refractivity contribution < 1.29 is 14.6 Å². The lowest BCUT2D eigenvalue weighted by Crippen LogP contribution is -2.39. The number of carbonyl (C=O) groups is 1. The molecule has 0 radical (unpaired) electrons. The highest BCUT2D eigenvalue weighted by atomic mass is 32.2. The summed E-state index contributed by atoms with van der Waals surface area (Å²) in [6, 6.07) is 0. The topological polar surface area (TPSA) is 100 Å². The maximum atomic E-state index is 11.6. The van der Waals surface area contributed by atoms with E-state index in [2.05, 4.69) is 15.1 Å². The van der Waals surface area contributed by atoms with Crippen LogP contribution in [0.15, 0.2) is 9.95 Å². The summed E-state index contributed by atoms with van der Waals surface area (Å²) in [6.45, 7) is 4.34. The van der Waals surface area contributed by atoms with E-state index in [1.807, 2.05) is 0 Å². The quantitative estimate of drug-likeness (QED) is 0.653. The maximum Gasteiger partial charge on any atom is 0.344 e. The van der Waals surface area contributed by atoms with Crippen LogP contribution in [0.3, 0.4) is 0 Å². The average molecular weight is 288 g/mol. The van der Waals surface area contributed by atoms with Gasteiger partial charge in [-0.1, -0.05) is 11.8 Å². The molecule has 0 saturated carbocycles. The van der Waals surface area contributed by atoms with Crippen molar-refractivity contribution in [1.29, 1.82) is 0 Å². The number of H-pyrrole nitrogens is 1. The summed E-state index contributed by atoms with van der Waals surface area (Å²) < 4.78 is 6.73. The number of aromatic amines is 1. The van der Waals surface area contributed by atoms with Crippen molar-refractivity contribution in [2.45, 2.75) is 11.7 Å². The second-order valence-corrected chi connectivity index (χ2v) is 5.04. The van der Waals surface area contributed by atoms with Crippen molar-refractivity contribution in [3.05, 3.63) is 10.5 Å². The van der Waals surface area contributed by atoms with Crippen LogP contribution in [-0.4, -0.2) is 69.3 Å². The molecule has 19 heavy (non-hydrogen) atoms. The number of carboxylic acids is 1. The molecule has 0 aromatic carbocycles. The first kappa shape index (κ1) is 14.1. The molecular formula is C10H16N4O4S. The van der Waals surface area contributed by atoms with E-state index in [1.165, 1.54) is 4.57 Å². The van der Waals surface area contributed by atoms with Crippen LogP contribution in [0.2, 0.25) is 0 Å². The van der Waals surface area contributed by atoms with Gasteiger partial charge in [-0.2, -0.15) is 0 Å². The summed E-state index contributed by atoms with van der Waals surface area (Å²) in [7, 11) is 0. The van der Waals surface area contributed by atoms with Crippen LogP contribution >= 0.6 is 11.8 Å². The molecule has 0 spiro atoms. The van der Waals surface area contributed by atoms with E-state index in [4.69, 9.17) is 9.84 Å². The molecule has 1 aliphatic heterocycles. The molecule has 1 aromatic rings. The highest BCUT2D eigenvalue weighted by Crippen LogP contribution is 2.12. The molecule has 1 aliphatic rings. The molecule has 2 heterocycles. The van der Waals surface area contributed by atoms with Crippen LogP contribution in [0.4, 0.5) is 0 Å². The van der Waals surface area contributed by atoms with Gasteiger partial charge < -0.3 is 9.84 Å². The van der Waals surface area contributed by atoms with Crippen LogP contribution in [0.1, 0.15) is 0 Å². The highest BCUT2D eigenvalue weighted by Gasteiger charge is 2.14. The molecule has 1 aromatic heterocycles. The molecule has 0 unspecified atom stereocenters. The van der Waals surface area contributed by atoms with Gasteiger partial charge in [0.25, 0.3) is 0 Å². The van der Waals surface area contributed by atoms with Gasteiger partial charge in [-0.3, -0.25) is 14.3 Å². The van der Waals surface area contributed by atoms with Gasteiger partial charge in [-0.15, -0.1) is 5.10 Å². The molecule has 0 atom stereocenters. The first-order valence-corrected chi connectivity index (χ1v) is 6.95. The molecular weight excluding hydrogens is 272 g/mol. The van der Waals surface area contributed by atoms with Gasteiger partial charge in [0, 0.05) is 26.2 Å². The second-order valence-electron chi connectivity index (χ2n) is 4.10. The zero-order valence-corrected chi connectivity index (χ0v) is 11.2. The molecule has 2 rings (SSSR count). The third kappa shape index (κ3) is 4.08. The Morgan fingerprint density at radius 2 is 2.16 bits per heavy atom. The van der Waals surface area contributed by atoms with Gasteiger partial charge in [0.15, 0.2) is 5.16 Å². The summed E-state index contributed by atoms with van der Waals surface area (Å²) in [6.07, 6.45) is 0. The van der Waals surface area contributed by atoms with Crippen molar-refractivity contribution >= 4 is 17.7 Å². The zero-order chi connectivity index (χ0) is 13.7. The second kappa shape index (κ2) is 6.73. The van der Waals surface area contributed by atoms with E-state index in [9.17, 15) is 9.59 Å². The monoisotopic (exact) mass is 288 g/mol. The fourth-order valence-electron chi connectivity index (χ4n) is 1.80. The van der Waals surface area contributed by atoms with Crippen molar-refractivity contribution in [3.63, 3.8) is 0 Å². The standard InChI is InChI=1S/C10H16N4O4S/c15-8(16)7-19-10-12-11-9(17)14(10)2-1-13-3-5-18-6-4-13/h1-7H2,(H,11,17)(H,15,16). The number of aliphatic carboxylic acids is 1. The third-order valence-electron chi connectivity index (χ3n) is 2.79. The summed E-state index contributed by atoms with van der Waals surface area (Å²) >= 11 is 1.04. The molecule has 0 amide bonds. The van der Waals surface area contributed by atoms with Crippen LogP contribution in [0.5, 0.6) is 0 Å². The number of thioether (sulfide) groups is 1. The Labute approximate surface area is 113 Å². The fourth-order valence-corrected chi connectivity index (χ4v) is 2.50. The van der Waals surface area contributed by atoms with E-state index in [-0.39, 0.29) is 11.4 Å². The van der Waals surface area contributed by atoms with E-state index < -0.39 is 5.97 Å². The first-order chi connectivity index (χ1) is 9.16. The third-order valence-corrected chi connectivity index (χ3v) is 3.75. The van der Waals surface area contributed by atoms with Gasteiger partial charge in [0.05, 0.1) is 19.0 Å². The minimum Gasteiger partial charge on any atom is -0.481 e. The van der Waals surface area contributed by atoms with E-state index >= 15 is 0 Å². The van der Waals surface area contributed by atoms with Crippen molar-refractivity contribution in [1.82, 2.24) is 19.7 Å². The average Bonchev–Trinajstić information content (AvgIpc) is 2.76. The lowest BCUT2D eigenvalue weighted by atomic mass is 10.4. The van der Waals surface area contributed by atoms with Crippen molar-refractivity contribution in [2.75, 3.05) is 38.6 Å². The first-order valence-electron chi connectivity index (χ1n) is 5.96. The smallest absolute Gasteiger partial charge is 0.344 e. The Bertz CT molecular complexity index is 480. The summed E-state index contributed by atoms with van der Waals surface area (Å²) in [5.41, 5.74) is -0.304. The summed E-state index contributed by atoms with van der Waals surface area (Å²) in [5, 5.41) is 15.2. The van der Waals surface area contributed by atoms with Crippen LogP contribution in [-0.2, 0) is 16.1 Å². The lowest BCUT2D eigenvalue weighted by molar-refractivity contribution is -0.133. The number of nitrogens with zero attached hydrogens (tertiary/aromatic N) is 3. The van der Waals surface area contributed by atoms with Gasteiger partial charge in [0.2, 0.25) is 0 Å². The van der Waals surface area contributed by atoms with Gasteiger partial charge in [-0.05, 0) is 0 Å². The molecule has 8 nitrogen and oxygen atoms in total. The number of aromatic nitrogens is 3. The number of nitrogens with one attached hydrogen (secondary N) is 1. The van der Waals surface area contributed by atoms with Crippen LogP contribution < -0.4 is 5.69 Å². The summed E-state index contributed by atoms with van der Waals surface area (Å²) in [5.74, 6) is -1.04. The molecule has 1 fully saturated rings. The fraction of sp³-hybridized carbons (Fsp3) is 0.700. The minimum absolute atomic E-state index is 0.109. The molecule has 2 N–H and O–H groups in total. The number of morpholine rings is 1. The van der Waals surface area contributed by atoms with Gasteiger partial charge in [0.1, 0.15) is 0 Å². The molecule has 106 valence electrons. The Morgan fingerprint density at radius 1 is 1.42 bits per heavy atom. The predicted octanol–water partition coefficient (Wildman–Crippen LogP) is -0.920. The Kier molecular flexibility index (Phi) is 5.00. The van der Waals surface area contributed by atoms with E-state index in [0.29, 0.717) is 24.9 Å². The van der Waals surface area contributed by atoms with E-state index in [0.717, 1.165) is 31.4 Å². The van der Waals surface area contributed by atoms with E-state index in [1.54, 1.807) is 0 Å². The molecule has 0 bridgehead atoms. The molecule has 0 aliphatic carbocycles. The van der Waals surface area contributed by atoms with Crippen LogP contribution in [0, 0.1) is 0 Å².